The Kier molecular flexibility index (Phi) is 8.56. The normalized spacial score (nSPS) is 12.9. The second kappa shape index (κ2) is 8.41. The molecule has 0 N–H and O–H groups in total. The molecule has 0 aromatic rings. The van der Waals surface area contributed by atoms with E-state index < -0.39 is 15.2 Å². The van der Waals surface area contributed by atoms with Crippen LogP contribution in [0.5, 0.6) is 0 Å². The second-order valence-corrected chi connectivity index (χ2v) is 6.98. The van der Waals surface area contributed by atoms with E-state index in [1.54, 1.807) is 27.7 Å². The van der Waals surface area contributed by atoms with Crippen molar-refractivity contribution in [2.45, 2.75) is 27.7 Å². The Bertz CT molecular complexity index is 245. The van der Waals surface area contributed by atoms with Crippen LogP contribution in [0.1, 0.15) is 27.7 Å². The van der Waals surface area contributed by atoms with Gasteiger partial charge in [-0.1, -0.05) is 5.90 Å². The highest BCUT2D eigenvalue weighted by Gasteiger charge is 2.25. The van der Waals surface area contributed by atoms with Crippen LogP contribution in [-0.4, -0.2) is 26.4 Å². The van der Waals surface area contributed by atoms with Gasteiger partial charge in [-0.15, -0.1) is 0 Å². The van der Waals surface area contributed by atoms with E-state index in [0.717, 1.165) is 5.90 Å². The molecule has 0 bridgehead atoms. The third-order valence-electron chi connectivity index (χ3n) is 1.52. The van der Waals surface area contributed by atoms with Gasteiger partial charge in [0, 0.05) is 0 Å². The van der Waals surface area contributed by atoms with E-state index in [0.29, 0.717) is 0 Å². The summed E-state index contributed by atoms with van der Waals surface area (Å²) in [5.41, 5.74) is 0. The first-order valence-corrected chi connectivity index (χ1v) is 8.82. The van der Waals surface area contributed by atoms with E-state index >= 15 is 0 Å². The Hall–Kier alpha value is 0.300. The minimum atomic E-state index is -3.54. The van der Waals surface area contributed by atoms with Crippen LogP contribution in [0, 0.1) is 5.90 Å². The average Bonchev–Trinajstić information content (AvgIpc) is 2.17. The van der Waals surface area contributed by atoms with Crippen LogP contribution in [0.3, 0.4) is 0 Å². The molecule has 0 spiro atoms. The molecule has 0 aromatic heterocycles. The Morgan fingerprint density at radius 1 is 0.706 bits per heavy atom. The molecule has 8 heteroatoms. The van der Waals surface area contributed by atoms with Crippen LogP contribution in [0.4, 0.5) is 0 Å². The fourth-order valence-corrected chi connectivity index (χ4v) is 5.14. The second-order valence-electron chi connectivity index (χ2n) is 2.87. The molecule has 0 unspecified atom stereocenters. The summed E-state index contributed by atoms with van der Waals surface area (Å²) in [5.74, 6) is 0.944. The molecule has 0 aliphatic heterocycles. The van der Waals surface area contributed by atoms with Gasteiger partial charge in [-0.05, 0) is 27.7 Å². The fourth-order valence-electron chi connectivity index (χ4n) is 1.10. The van der Waals surface area contributed by atoms with Crippen LogP contribution >= 0.6 is 15.2 Å². The molecule has 0 radical (unpaired) electrons. The largest absolute Gasteiger partial charge is 0.331 e. The topological polar surface area (TPSA) is 71.1 Å². The van der Waals surface area contributed by atoms with E-state index in [1.165, 1.54) is 0 Å². The van der Waals surface area contributed by atoms with E-state index in [9.17, 15) is 9.13 Å². The van der Waals surface area contributed by atoms with Gasteiger partial charge in [-0.25, -0.2) is 0 Å². The highest BCUT2D eigenvalue weighted by Crippen LogP contribution is 2.68. The summed E-state index contributed by atoms with van der Waals surface area (Å²) in [5, 5.41) is 0. The van der Waals surface area contributed by atoms with Gasteiger partial charge in [-0.2, -0.15) is 0 Å². The van der Waals surface area contributed by atoms with Gasteiger partial charge in [0.15, 0.2) is 15.2 Å². The van der Waals surface area contributed by atoms with Gasteiger partial charge in [0.2, 0.25) is 0 Å². The molecule has 0 saturated carbocycles. The van der Waals surface area contributed by atoms with Crippen molar-refractivity contribution in [3.8, 4) is 0 Å². The Labute approximate surface area is 103 Å². The van der Waals surface area contributed by atoms with Crippen LogP contribution in [-0.2, 0) is 27.2 Å². The SMILES string of the molecule is CCOP(=O)([CH-]P(=O)(OCC)OCC)OCC. The summed E-state index contributed by atoms with van der Waals surface area (Å²) in [6.45, 7) is 7.44. The molecule has 17 heavy (non-hydrogen) atoms. The standard InChI is InChI=1S/C9H21O6P2/c1-5-12-16(10,13-6-2)9-17(11,14-7-3)15-8-4/h9H,5-8H2,1-4H3/q-1. The first kappa shape index (κ1) is 17.3. The van der Waals surface area contributed by atoms with Crippen LogP contribution in [0.25, 0.3) is 0 Å². The summed E-state index contributed by atoms with van der Waals surface area (Å²) < 4.78 is 44.3. The van der Waals surface area contributed by atoms with Crippen molar-refractivity contribution in [1.29, 1.82) is 0 Å². The Balaban J connectivity index is 4.79. The average molecular weight is 287 g/mol. The molecule has 0 saturated heterocycles. The minimum Gasteiger partial charge on any atom is -0.331 e. The molecule has 0 aliphatic carbocycles. The zero-order chi connectivity index (χ0) is 13.4. The molecule has 0 aromatic carbocycles. The maximum absolute atomic E-state index is 12.1. The predicted molar refractivity (Wildman–Crippen MR) is 66.0 cm³/mol. The monoisotopic (exact) mass is 287 g/mol. The molecule has 104 valence electrons. The van der Waals surface area contributed by atoms with Crippen molar-refractivity contribution in [3.05, 3.63) is 5.90 Å². The lowest BCUT2D eigenvalue weighted by molar-refractivity contribution is 0.213. The van der Waals surface area contributed by atoms with E-state index in [2.05, 4.69) is 0 Å². The van der Waals surface area contributed by atoms with Gasteiger partial charge < -0.3 is 18.1 Å². The molecular weight excluding hydrogens is 266 g/mol. The van der Waals surface area contributed by atoms with Crippen molar-refractivity contribution in [3.63, 3.8) is 0 Å². The summed E-state index contributed by atoms with van der Waals surface area (Å²) in [4.78, 5) is 0. The maximum Gasteiger partial charge on any atom is 0.198 e. The molecule has 0 atom stereocenters. The molecule has 0 amide bonds. The van der Waals surface area contributed by atoms with Gasteiger partial charge >= 0.3 is 0 Å². The van der Waals surface area contributed by atoms with Crippen molar-refractivity contribution in [1.82, 2.24) is 0 Å². The highest BCUT2D eigenvalue weighted by atomic mass is 31.2. The van der Waals surface area contributed by atoms with Gasteiger partial charge in [0.05, 0.1) is 26.4 Å². The number of rotatable bonds is 10. The molecule has 0 rings (SSSR count). The number of hydrogen-bond acceptors (Lipinski definition) is 6. The summed E-state index contributed by atoms with van der Waals surface area (Å²) in [7, 11) is -7.08. The van der Waals surface area contributed by atoms with E-state index in [1.807, 2.05) is 0 Å². The van der Waals surface area contributed by atoms with Crippen molar-refractivity contribution in [2.24, 2.45) is 0 Å². The van der Waals surface area contributed by atoms with Crippen LogP contribution in [0.15, 0.2) is 0 Å². The summed E-state index contributed by atoms with van der Waals surface area (Å²) in [6, 6.07) is 0. The molecule has 6 nitrogen and oxygen atoms in total. The van der Waals surface area contributed by atoms with Gasteiger partial charge in [0.1, 0.15) is 0 Å². The lowest BCUT2D eigenvalue weighted by atomic mass is 10.9. The maximum atomic E-state index is 12.1. The van der Waals surface area contributed by atoms with Crippen LogP contribution in [0.2, 0.25) is 0 Å². The highest BCUT2D eigenvalue weighted by molar-refractivity contribution is 7.75. The quantitative estimate of drug-likeness (QED) is 0.451. The molecule has 0 aliphatic rings. The smallest absolute Gasteiger partial charge is 0.198 e. The third-order valence-corrected chi connectivity index (χ3v) is 6.25. The predicted octanol–water partition coefficient (Wildman–Crippen LogP) is 3.64. The first-order chi connectivity index (χ1) is 7.95. The molecule has 0 heterocycles. The first-order valence-electron chi connectivity index (χ1n) is 5.59. The zero-order valence-electron chi connectivity index (χ0n) is 10.7. The lowest BCUT2D eigenvalue weighted by Gasteiger charge is -2.31. The van der Waals surface area contributed by atoms with E-state index in [4.69, 9.17) is 18.1 Å². The minimum absolute atomic E-state index is 0.187. The lowest BCUT2D eigenvalue weighted by Crippen LogP contribution is -2.01. The third kappa shape index (κ3) is 6.70. The van der Waals surface area contributed by atoms with Crippen LogP contribution < -0.4 is 0 Å². The Morgan fingerprint density at radius 3 is 1.12 bits per heavy atom. The van der Waals surface area contributed by atoms with Crippen molar-refractivity contribution >= 4 is 15.2 Å². The fraction of sp³-hybridized carbons (Fsp3) is 0.889. The zero-order valence-corrected chi connectivity index (χ0v) is 12.5. The molecule has 0 fully saturated rings. The summed E-state index contributed by atoms with van der Waals surface area (Å²) >= 11 is 0. The number of hydrogen-bond donors (Lipinski definition) is 0. The van der Waals surface area contributed by atoms with Crippen molar-refractivity contribution in [2.75, 3.05) is 26.4 Å². The van der Waals surface area contributed by atoms with Crippen molar-refractivity contribution < 1.29 is 27.2 Å². The Morgan fingerprint density at radius 2 is 0.941 bits per heavy atom. The van der Waals surface area contributed by atoms with Gasteiger partial charge in [0.25, 0.3) is 0 Å². The van der Waals surface area contributed by atoms with E-state index in [-0.39, 0.29) is 26.4 Å². The summed E-state index contributed by atoms with van der Waals surface area (Å²) in [6.07, 6.45) is 0. The van der Waals surface area contributed by atoms with Gasteiger partial charge in [-0.3, -0.25) is 9.13 Å². The molecular formula is C9H21O6P2-.